The Labute approximate surface area is 68.7 Å². The summed E-state index contributed by atoms with van der Waals surface area (Å²) in [5, 5.41) is 0. The zero-order chi connectivity index (χ0) is 8.72. The van der Waals surface area contributed by atoms with E-state index in [4.69, 9.17) is 14.2 Å². The predicted octanol–water partition coefficient (Wildman–Crippen LogP) is 1.17. The van der Waals surface area contributed by atoms with Crippen LogP contribution in [0.3, 0.4) is 0 Å². The molecule has 0 unspecified atom stereocenters. The van der Waals surface area contributed by atoms with Crippen molar-refractivity contribution in [2.45, 2.75) is 13.8 Å². The summed E-state index contributed by atoms with van der Waals surface area (Å²) >= 11 is 0. The lowest BCUT2D eigenvalue weighted by atomic mass is 10.4. The summed E-state index contributed by atoms with van der Waals surface area (Å²) in [5.41, 5.74) is 2.65. The third-order valence-electron chi connectivity index (χ3n) is 1.41. The standard InChI is InChI=1S/C8H6O4/c1-4-3-6(10-4)7(9)12-8-5(2)11-8/h1-2H3. The highest BCUT2D eigenvalue weighted by Gasteiger charge is 2.29. The molecule has 0 radical (unpaired) electrons. The molecular formula is C8H6O4. The van der Waals surface area contributed by atoms with Gasteiger partial charge < -0.3 is 14.2 Å². The van der Waals surface area contributed by atoms with Crippen molar-refractivity contribution in [3.8, 4) is 0 Å². The molecule has 0 atom stereocenters. The van der Waals surface area contributed by atoms with Crippen LogP contribution in [0.5, 0.6) is 0 Å². The zero-order valence-electron chi connectivity index (χ0n) is 6.63. The van der Waals surface area contributed by atoms with Gasteiger partial charge in [0.2, 0.25) is 0 Å². The summed E-state index contributed by atoms with van der Waals surface area (Å²) in [6.45, 7) is 3.41. The maximum atomic E-state index is 11.0. The topological polar surface area (TPSA) is 48.1 Å². The van der Waals surface area contributed by atoms with Crippen LogP contribution in [0.25, 0.3) is 0 Å². The second-order valence-corrected chi connectivity index (χ2v) is 2.45. The smallest absolute Gasteiger partial charge is 0.390 e. The van der Waals surface area contributed by atoms with E-state index in [1.54, 1.807) is 13.8 Å². The van der Waals surface area contributed by atoms with Crippen LogP contribution in [-0.2, 0) is 19.0 Å². The molecule has 0 spiro atoms. The molecule has 2 heterocycles. The van der Waals surface area contributed by atoms with Crippen LogP contribution in [0, 0.1) is 0 Å². The number of hydrogen-bond donors (Lipinski definition) is 0. The van der Waals surface area contributed by atoms with Crippen molar-refractivity contribution >= 4 is 5.97 Å². The van der Waals surface area contributed by atoms with Crippen molar-refractivity contribution in [2.75, 3.05) is 0 Å². The fourth-order valence-corrected chi connectivity index (χ4v) is 0.747. The average Bonchev–Trinajstić information content (AvgIpc) is 2.60. The summed E-state index contributed by atoms with van der Waals surface area (Å²) in [6, 6.07) is 0. The Morgan fingerprint density at radius 2 is 2.00 bits per heavy atom. The third kappa shape index (κ3) is 1.08. The highest BCUT2D eigenvalue weighted by molar-refractivity contribution is 5.88. The first-order valence-corrected chi connectivity index (χ1v) is 3.43. The second-order valence-electron chi connectivity index (χ2n) is 2.45. The Kier molecular flexibility index (Phi) is 1.26. The minimum absolute atomic E-state index is 0.100. The number of ether oxygens (including phenoxy) is 3. The largest absolute Gasteiger partial charge is 0.438 e. The molecule has 0 aliphatic carbocycles. The van der Waals surface area contributed by atoms with Gasteiger partial charge in [-0.25, -0.2) is 4.79 Å². The van der Waals surface area contributed by atoms with Gasteiger partial charge in [-0.2, -0.15) is 0 Å². The number of allylic oxidation sites excluding steroid dienone is 1. The lowest BCUT2D eigenvalue weighted by Crippen LogP contribution is -2.11. The van der Waals surface area contributed by atoms with E-state index >= 15 is 0 Å². The lowest BCUT2D eigenvalue weighted by Gasteiger charge is -2.09. The Bertz CT molecular complexity index is 355. The number of carbonyl (C=O) groups is 1. The van der Waals surface area contributed by atoms with E-state index in [9.17, 15) is 4.79 Å². The molecule has 0 saturated heterocycles. The fourth-order valence-electron chi connectivity index (χ4n) is 0.747. The summed E-state index contributed by atoms with van der Waals surface area (Å²) in [6.07, 6.45) is 0. The van der Waals surface area contributed by atoms with Crippen molar-refractivity contribution in [3.05, 3.63) is 29.0 Å². The molecule has 0 aromatic carbocycles. The first kappa shape index (κ1) is 7.00. The van der Waals surface area contributed by atoms with E-state index in [1.807, 2.05) is 0 Å². The first-order chi connectivity index (χ1) is 5.66. The minimum atomic E-state index is -0.563. The van der Waals surface area contributed by atoms with Gasteiger partial charge in [-0.05, 0) is 5.73 Å². The molecule has 2 aliphatic rings. The van der Waals surface area contributed by atoms with E-state index in [1.165, 1.54) is 0 Å². The molecule has 0 N–H and O–H groups in total. The van der Waals surface area contributed by atoms with Crippen molar-refractivity contribution in [2.24, 2.45) is 0 Å². The van der Waals surface area contributed by atoms with Gasteiger partial charge >= 0.3 is 11.9 Å². The highest BCUT2D eigenvalue weighted by atomic mass is 16.8. The van der Waals surface area contributed by atoms with Crippen LogP contribution in [0.2, 0.25) is 0 Å². The van der Waals surface area contributed by atoms with Gasteiger partial charge in [-0.1, -0.05) is 0 Å². The monoisotopic (exact) mass is 166 g/mol. The third-order valence-corrected chi connectivity index (χ3v) is 1.41. The molecule has 2 rings (SSSR count). The van der Waals surface area contributed by atoms with Crippen LogP contribution >= 0.6 is 0 Å². The van der Waals surface area contributed by atoms with Crippen LogP contribution in [0.4, 0.5) is 0 Å². The van der Waals surface area contributed by atoms with Crippen LogP contribution in [-0.4, -0.2) is 5.97 Å². The summed E-state index contributed by atoms with van der Waals surface area (Å²) in [5.74, 6) is 1.02. The summed E-state index contributed by atoms with van der Waals surface area (Å²) < 4.78 is 14.3. The minimum Gasteiger partial charge on any atom is -0.438 e. The van der Waals surface area contributed by atoms with Crippen molar-refractivity contribution in [1.82, 2.24) is 0 Å². The molecule has 12 heavy (non-hydrogen) atoms. The molecule has 0 amide bonds. The van der Waals surface area contributed by atoms with E-state index in [-0.39, 0.29) is 11.7 Å². The molecule has 2 aliphatic heterocycles. The van der Waals surface area contributed by atoms with Crippen LogP contribution in [0.1, 0.15) is 13.8 Å². The summed E-state index contributed by atoms with van der Waals surface area (Å²) in [4.78, 5) is 11.0. The molecule has 4 nitrogen and oxygen atoms in total. The Morgan fingerprint density at radius 3 is 2.42 bits per heavy atom. The molecular weight excluding hydrogens is 160 g/mol. The predicted molar refractivity (Wildman–Crippen MR) is 37.2 cm³/mol. The Balaban J connectivity index is 1.99. The van der Waals surface area contributed by atoms with Gasteiger partial charge in [-0.3, -0.25) is 0 Å². The Hall–Kier alpha value is -1.67. The molecule has 0 fully saturated rings. The molecule has 4 heteroatoms. The number of rotatable bonds is 2. The Morgan fingerprint density at radius 1 is 1.42 bits per heavy atom. The number of esters is 1. The highest BCUT2D eigenvalue weighted by Crippen LogP contribution is 2.28. The second kappa shape index (κ2) is 2.16. The van der Waals surface area contributed by atoms with Crippen molar-refractivity contribution < 1.29 is 19.0 Å². The van der Waals surface area contributed by atoms with Crippen LogP contribution in [0.15, 0.2) is 29.0 Å². The van der Waals surface area contributed by atoms with Crippen molar-refractivity contribution in [1.29, 1.82) is 0 Å². The van der Waals surface area contributed by atoms with E-state index in [0.29, 0.717) is 11.5 Å². The zero-order valence-corrected chi connectivity index (χ0v) is 6.63. The van der Waals surface area contributed by atoms with Gasteiger partial charge in [0.1, 0.15) is 5.76 Å². The fraction of sp³-hybridized carbons (Fsp3) is 0.250. The maximum absolute atomic E-state index is 11.0. The molecule has 0 saturated carbocycles. The summed E-state index contributed by atoms with van der Waals surface area (Å²) in [7, 11) is 0. The van der Waals surface area contributed by atoms with Gasteiger partial charge in [0.05, 0.1) is 0 Å². The SMILES string of the molecule is CC1=C=C(C(=O)OC2=C(C)O2)O1. The van der Waals surface area contributed by atoms with Gasteiger partial charge in [0, 0.05) is 13.8 Å². The number of carbonyl (C=O) groups excluding carboxylic acids is 1. The number of hydrogen-bond acceptors (Lipinski definition) is 4. The van der Waals surface area contributed by atoms with E-state index in [0.717, 1.165) is 0 Å². The first-order valence-electron chi connectivity index (χ1n) is 3.43. The normalized spacial score (nSPS) is 18.2. The molecule has 0 bridgehead atoms. The van der Waals surface area contributed by atoms with Crippen LogP contribution < -0.4 is 0 Å². The molecule has 0 aromatic rings. The molecule has 0 aromatic heterocycles. The van der Waals surface area contributed by atoms with Crippen molar-refractivity contribution in [3.63, 3.8) is 0 Å². The quantitative estimate of drug-likeness (QED) is 0.456. The van der Waals surface area contributed by atoms with E-state index in [2.05, 4.69) is 5.73 Å². The van der Waals surface area contributed by atoms with E-state index < -0.39 is 5.97 Å². The van der Waals surface area contributed by atoms with Gasteiger partial charge in [0.25, 0.3) is 5.76 Å². The molecule has 62 valence electrons. The average molecular weight is 166 g/mol. The van der Waals surface area contributed by atoms with Gasteiger partial charge in [-0.15, -0.1) is 0 Å². The maximum Gasteiger partial charge on any atom is 0.390 e. The van der Waals surface area contributed by atoms with Gasteiger partial charge in [0.15, 0.2) is 5.76 Å². The lowest BCUT2D eigenvalue weighted by molar-refractivity contribution is -0.140.